The van der Waals surface area contributed by atoms with Gasteiger partial charge in [0, 0.05) is 38.1 Å². The first kappa shape index (κ1) is 20.9. The summed E-state index contributed by atoms with van der Waals surface area (Å²) >= 11 is 0. The predicted molar refractivity (Wildman–Crippen MR) is 152 cm³/mol. The summed E-state index contributed by atoms with van der Waals surface area (Å²) in [5.74, 6) is 0.265. The van der Waals surface area contributed by atoms with Crippen molar-refractivity contribution in [3.63, 3.8) is 0 Å². The summed E-state index contributed by atoms with van der Waals surface area (Å²) in [4.78, 5) is 8.70. The van der Waals surface area contributed by atoms with Crippen molar-refractivity contribution in [2.75, 3.05) is 0 Å². The summed E-state index contributed by atoms with van der Waals surface area (Å²) in [6.45, 7) is 4.03. The first-order valence-electron chi connectivity index (χ1n) is 14.3. The van der Waals surface area contributed by atoms with Crippen molar-refractivity contribution in [1.82, 2.24) is 9.97 Å². The standard InChI is InChI=1S/C23H18N.C11H9NO.Ir/c1-16-12-17(2)14-21(13-16)23-22-9-8-19(15-20(22)10-11-24-23)18-6-4-3-5-7-18;13-11-7-2-1-5-9(11)10-6-3-4-8-12-10;/h3-13,15H,1-2H3;1-8,13H;/q-1;;/i3D,4D,5D,6D,7D;;. The van der Waals surface area contributed by atoms with E-state index in [4.69, 9.17) is 6.85 Å². The van der Waals surface area contributed by atoms with Crippen LogP contribution in [0.5, 0.6) is 5.75 Å². The van der Waals surface area contributed by atoms with E-state index in [0.29, 0.717) is 5.56 Å². The Kier molecular flexibility index (Phi) is 6.83. The summed E-state index contributed by atoms with van der Waals surface area (Å²) in [6.07, 6.45) is 3.43. The van der Waals surface area contributed by atoms with Gasteiger partial charge in [0.2, 0.25) is 0 Å². The molecule has 1 radical (unpaired) electrons. The second-order valence-corrected chi connectivity index (χ2v) is 8.58. The summed E-state index contributed by atoms with van der Waals surface area (Å²) < 4.78 is 40.0. The molecule has 1 N–H and O–H groups in total. The number of phenols is 1. The van der Waals surface area contributed by atoms with Crippen LogP contribution < -0.4 is 0 Å². The maximum Gasteiger partial charge on any atom is 0.124 e. The van der Waals surface area contributed by atoms with Gasteiger partial charge in [0.1, 0.15) is 5.75 Å². The van der Waals surface area contributed by atoms with Crippen molar-refractivity contribution in [2.45, 2.75) is 13.8 Å². The maximum atomic E-state index is 9.52. The van der Waals surface area contributed by atoms with Crippen LogP contribution in [0.25, 0.3) is 44.4 Å². The smallest absolute Gasteiger partial charge is 0.124 e. The molecule has 189 valence electrons. The van der Waals surface area contributed by atoms with Crippen LogP contribution in [0.15, 0.2) is 121 Å². The van der Waals surface area contributed by atoms with Crippen LogP contribution in [-0.2, 0) is 20.1 Å². The van der Waals surface area contributed by atoms with Crippen LogP contribution in [0, 0.1) is 19.9 Å². The normalized spacial score (nSPS) is 12.1. The van der Waals surface area contributed by atoms with E-state index >= 15 is 0 Å². The first-order valence-corrected chi connectivity index (χ1v) is 11.8. The molecule has 4 heteroatoms. The Morgan fingerprint density at radius 1 is 0.763 bits per heavy atom. The SMILES string of the molecule is Oc1ccccc1-c1ccccn1.[2H]c1c([2H])c([2H])c(-c2ccc3c(-c4[c-]c(C)cc(C)c4)nccc3c2)c([2H])c1[2H].[Ir]. The molecule has 2 aromatic heterocycles. The van der Waals surface area contributed by atoms with Crippen molar-refractivity contribution in [2.24, 2.45) is 0 Å². The first-order chi connectivity index (χ1) is 20.2. The topological polar surface area (TPSA) is 46.0 Å². The number of hydrogen-bond acceptors (Lipinski definition) is 3. The van der Waals surface area contributed by atoms with Crippen LogP contribution in [0.3, 0.4) is 0 Å². The second-order valence-electron chi connectivity index (χ2n) is 8.58. The molecule has 0 unspecified atom stereocenters. The number of aromatic hydroxyl groups is 1. The third-order valence-electron chi connectivity index (χ3n) is 5.80. The number of aromatic nitrogens is 2. The maximum absolute atomic E-state index is 9.52. The van der Waals surface area contributed by atoms with Gasteiger partial charge in [-0.2, -0.15) is 0 Å². The van der Waals surface area contributed by atoms with Gasteiger partial charge in [-0.25, -0.2) is 0 Å². The molecular formula is C34H27IrN2O-. The Morgan fingerprint density at radius 2 is 1.55 bits per heavy atom. The third kappa shape index (κ3) is 6.23. The van der Waals surface area contributed by atoms with Gasteiger partial charge in [0.15, 0.2) is 0 Å². The average molecular weight is 677 g/mol. The van der Waals surface area contributed by atoms with Gasteiger partial charge in [-0.1, -0.05) is 74.4 Å². The number of phenolic OH excluding ortho intramolecular Hbond substituents is 1. The zero-order chi connectivity index (χ0) is 30.0. The Labute approximate surface area is 244 Å². The molecule has 0 aliphatic carbocycles. The molecule has 0 atom stereocenters. The van der Waals surface area contributed by atoms with Gasteiger partial charge < -0.3 is 10.1 Å². The fourth-order valence-corrected chi connectivity index (χ4v) is 4.18. The van der Waals surface area contributed by atoms with Gasteiger partial charge in [-0.15, -0.1) is 34.9 Å². The predicted octanol–water partition coefficient (Wildman–Crippen LogP) is 8.44. The Hall–Kier alpha value is -4.11. The molecule has 38 heavy (non-hydrogen) atoms. The van der Waals surface area contributed by atoms with Crippen molar-refractivity contribution in [1.29, 1.82) is 0 Å². The van der Waals surface area contributed by atoms with Crippen LogP contribution in [0.1, 0.15) is 18.0 Å². The number of aryl methyl sites for hydroxylation is 2. The third-order valence-corrected chi connectivity index (χ3v) is 5.80. The van der Waals surface area contributed by atoms with E-state index in [-0.39, 0.29) is 61.6 Å². The van der Waals surface area contributed by atoms with E-state index in [9.17, 15) is 5.11 Å². The number of rotatable bonds is 3. The van der Waals surface area contributed by atoms with Gasteiger partial charge >= 0.3 is 0 Å². The molecule has 0 amide bonds. The molecule has 4 aromatic carbocycles. The molecule has 0 spiro atoms. The molecule has 0 fully saturated rings. The zero-order valence-corrected chi connectivity index (χ0v) is 23.2. The number of benzene rings is 4. The van der Waals surface area contributed by atoms with E-state index < -0.39 is 0 Å². The van der Waals surface area contributed by atoms with Crippen LogP contribution in [0.2, 0.25) is 0 Å². The van der Waals surface area contributed by atoms with Crippen molar-refractivity contribution in [3.8, 4) is 39.4 Å². The van der Waals surface area contributed by atoms with Crippen LogP contribution >= 0.6 is 0 Å². The Balaban J connectivity index is 0.000000253. The Morgan fingerprint density at radius 3 is 2.29 bits per heavy atom. The molecule has 0 aliphatic rings. The molecule has 0 saturated carbocycles. The molecule has 3 nitrogen and oxygen atoms in total. The summed E-state index contributed by atoms with van der Waals surface area (Å²) in [7, 11) is 0. The van der Waals surface area contributed by atoms with Crippen molar-refractivity contribution < 1.29 is 32.1 Å². The number of pyridine rings is 2. The van der Waals surface area contributed by atoms with Crippen LogP contribution in [-0.4, -0.2) is 15.1 Å². The molecular weight excluding hydrogens is 645 g/mol. The van der Waals surface area contributed by atoms with Gasteiger partial charge in [0.05, 0.1) is 12.5 Å². The number of para-hydroxylation sites is 1. The van der Waals surface area contributed by atoms with Gasteiger partial charge in [-0.3, -0.25) is 4.98 Å². The summed E-state index contributed by atoms with van der Waals surface area (Å²) in [6, 6.07) is 26.2. The number of fused-ring (bicyclic) bond motifs is 1. The fourth-order valence-electron chi connectivity index (χ4n) is 4.18. The second kappa shape index (κ2) is 12.4. The molecule has 0 aliphatic heterocycles. The van der Waals surface area contributed by atoms with E-state index in [1.165, 1.54) is 0 Å². The molecule has 2 heterocycles. The van der Waals surface area contributed by atoms with Crippen molar-refractivity contribution in [3.05, 3.63) is 139 Å². The monoisotopic (exact) mass is 677 g/mol. The molecule has 0 bridgehead atoms. The van der Waals surface area contributed by atoms with E-state index in [1.54, 1.807) is 30.6 Å². The zero-order valence-electron chi connectivity index (χ0n) is 25.8. The number of nitrogens with zero attached hydrogens (tertiary/aromatic N) is 2. The minimum absolute atomic E-state index is 0. The van der Waals surface area contributed by atoms with E-state index in [0.717, 1.165) is 44.4 Å². The van der Waals surface area contributed by atoms with E-state index in [1.807, 2.05) is 68.4 Å². The summed E-state index contributed by atoms with van der Waals surface area (Å²) in [5.41, 5.74) is 6.22. The van der Waals surface area contributed by atoms with Crippen molar-refractivity contribution >= 4 is 10.8 Å². The largest absolute Gasteiger partial charge is 0.507 e. The minimum Gasteiger partial charge on any atom is -0.507 e. The van der Waals surface area contributed by atoms with Gasteiger partial charge in [-0.05, 0) is 64.0 Å². The Bertz CT molecular complexity index is 1880. The fraction of sp³-hybridized carbons (Fsp3) is 0.0588. The van der Waals surface area contributed by atoms with Gasteiger partial charge in [0.25, 0.3) is 0 Å². The molecule has 0 saturated heterocycles. The van der Waals surface area contributed by atoms with E-state index in [2.05, 4.69) is 22.1 Å². The van der Waals surface area contributed by atoms with Crippen LogP contribution in [0.4, 0.5) is 0 Å². The quantitative estimate of drug-likeness (QED) is 0.192. The molecule has 6 rings (SSSR count). The molecule has 6 aromatic rings. The summed E-state index contributed by atoms with van der Waals surface area (Å²) in [5, 5.41) is 11.3. The number of hydrogen-bond donors (Lipinski definition) is 1. The average Bonchev–Trinajstić information content (AvgIpc) is 2.99. The minimum atomic E-state index is -0.388.